The molecular formula is C13H11NO. The molecule has 0 bridgehead atoms. The van der Waals surface area contributed by atoms with Gasteiger partial charge >= 0.3 is 0 Å². The van der Waals surface area contributed by atoms with Crippen molar-refractivity contribution in [2.24, 2.45) is 0 Å². The molecule has 0 spiro atoms. The smallest absolute Gasteiger partial charge is 0.108 e. The molecular weight excluding hydrogens is 186 g/mol. The van der Waals surface area contributed by atoms with Gasteiger partial charge in [-0.05, 0) is 29.3 Å². The highest BCUT2D eigenvalue weighted by Crippen LogP contribution is 2.14. The van der Waals surface area contributed by atoms with Gasteiger partial charge in [0.1, 0.15) is 5.76 Å². The van der Waals surface area contributed by atoms with Crippen molar-refractivity contribution in [3.8, 4) is 6.07 Å². The SMILES string of the molecule is C=C(O)/C=C\C(=C)c1ccc(C#N)cc1. The third-order valence-electron chi connectivity index (χ3n) is 1.86. The second-order valence-electron chi connectivity index (χ2n) is 3.04. The van der Waals surface area contributed by atoms with E-state index >= 15 is 0 Å². The summed E-state index contributed by atoms with van der Waals surface area (Å²) in [6.45, 7) is 7.16. The quantitative estimate of drug-likeness (QED) is 0.597. The van der Waals surface area contributed by atoms with Crippen LogP contribution in [0.4, 0.5) is 0 Å². The molecule has 0 unspecified atom stereocenters. The van der Waals surface area contributed by atoms with Crippen LogP contribution in [0.1, 0.15) is 11.1 Å². The number of benzene rings is 1. The summed E-state index contributed by atoms with van der Waals surface area (Å²) in [5.74, 6) is -0.00945. The lowest BCUT2D eigenvalue weighted by atomic mass is 10.1. The number of hydrogen-bond acceptors (Lipinski definition) is 2. The summed E-state index contributed by atoms with van der Waals surface area (Å²) in [4.78, 5) is 0. The van der Waals surface area contributed by atoms with Crippen LogP contribution in [-0.2, 0) is 0 Å². The van der Waals surface area contributed by atoms with Crippen LogP contribution in [0.5, 0.6) is 0 Å². The highest BCUT2D eigenvalue weighted by Gasteiger charge is 1.95. The van der Waals surface area contributed by atoms with Gasteiger partial charge < -0.3 is 5.11 Å². The van der Waals surface area contributed by atoms with E-state index in [9.17, 15) is 0 Å². The zero-order chi connectivity index (χ0) is 11.3. The van der Waals surface area contributed by atoms with E-state index < -0.39 is 0 Å². The summed E-state index contributed by atoms with van der Waals surface area (Å²) in [5.41, 5.74) is 2.28. The molecule has 1 N–H and O–H groups in total. The molecule has 0 amide bonds. The Bertz CT molecular complexity index is 446. The van der Waals surface area contributed by atoms with Crippen molar-refractivity contribution in [3.63, 3.8) is 0 Å². The normalized spacial score (nSPS) is 9.80. The van der Waals surface area contributed by atoms with E-state index in [-0.39, 0.29) is 5.76 Å². The number of nitrogens with zero attached hydrogens (tertiary/aromatic N) is 1. The second kappa shape index (κ2) is 4.83. The fourth-order valence-corrected chi connectivity index (χ4v) is 1.05. The van der Waals surface area contributed by atoms with E-state index in [1.807, 2.05) is 18.2 Å². The van der Waals surface area contributed by atoms with Crippen molar-refractivity contribution in [2.45, 2.75) is 0 Å². The molecule has 0 fully saturated rings. The lowest BCUT2D eigenvalue weighted by Crippen LogP contribution is -1.80. The highest BCUT2D eigenvalue weighted by molar-refractivity contribution is 5.72. The van der Waals surface area contributed by atoms with Gasteiger partial charge in [0, 0.05) is 0 Å². The first kappa shape index (κ1) is 10.8. The monoisotopic (exact) mass is 197 g/mol. The third-order valence-corrected chi connectivity index (χ3v) is 1.86. The molecule has 0 aliphatic heterocycles. The molecule has 0 radical (unpaired) electrons. The Morgan fingerprint density at radius 2 is 1.80 bits per heavy atom. The fourth-order valence-electron chi connectivity index (χ4n) is 1.05. The molecule has 0 aliphatic rings. The van der Waals surface area contributed by atoms with Crippen molar-refractivity contribution in [3.05, 3.63) is 66.5 Å². The van der Waals surface area contributed by atoms with Gasteiger partial charge in [-0.25, -0.2) is 0 Å². The van der Waals surface area contributed by atoms with E-state index in [1.54, 1.807) is 18.2 Å². The number of nitriles is 1. The number of aliphatic hydroxyl groups is 1. The van der Waals surface area contributed by atoms with Crippen LogP contribution >= 0.6 is 0 Å². The van der Waals surface area contributed by atoms with Crippen molar-refractivity contribution in [2.75, 3.05) is 0 Å². The minimum Gasteiger partial charge on any atom is -0.509 e. The van der Waals surface area contributed by atoms with E-state index in [4.69, 9.17) is 10.4 Å². The van der Waals surface area contributed by atoms with Gasteiger partial charge in [-0.15, -0.1) is 0 Å². The average molecular weight is 197 g/mol. The van der Waals surface area contributed by atoms with Gasteiger partial charge in [0.25, 0.3) is 0 Å². The summed E-state index contributed by atoms with van der Waals surface area (Å²) in [7, 11) is 0. The molecule has 0 heterocycles. The maximum Gasteiger partial charge on any atom is 0.108 e. The van der Waals surface area contributed by atoms with Crippen molar-refractivity contribution in [1.29, 1.82) is 5.26 Å². The predicted molar refractivity (Wildman–Crippen MR) is 61.1 cm³/mol. The standard InChI is InChI=1S/C13H11NO/c1-10(3-4-11(2)15)13-7-5-12(9-14)6-8-13/h3-8,15H,1-2H2/b4-3-. The number of aliphatic hydroxyl groups excluding tert-OH is 1. The van der Waals surface area contributed by atoms with Gasteiger partial charge in [-0.2, -0.15) is 5.26 Å². The van der Waals surface area contributed by atoms with Crippen LogP contribution in [0, 0.1) is 11.3 Å². The number of allylic oxidation sites excluding steroid dienone is 3. The van der Waals surface area contributed by atoms with Crippen molar-refractivity contribution < 1.29 is 5.11 Å². The lowest BCUT2D eigenvalue weighted by molar-refractivity contribution is 0.435. The summed E-state index contributed by atoms with van der Waals surface area (Å²) >= 11 is 0. The largest absolute Gasteiger partial charge is 0.509 e. The third kappa shape index (κ3) is 3.17. The van der Waals surface area contributed by atoms with Crippen LogP contribution in [0.25, 0.3) is 5.57 Å². The summed E-state index contributed by atoms with van der Waals surface area (Å²) < 4.78 is 0. The molecule has 2 nitrogen and oxygen atoms in total. The summed E-state index contributed by atoms with van der Waals surface area (Å²) in [5, 5.41) is 17.5. The molecule has 0 saturated heterocycles. The molecule has 0 atom stereocenters. The molecule has 0 aromatic heterocycles. The van der Waals surface area contributed by atoms with Crippen molar-refractivity contribution in [1.82, 2.24) is 0 Å². The predicted octanol–water partition coefficient (Wildman–Crippen LogP) is 3.20. The zero-order valence-electron chi connectivity index (χ0n) is 8.27. The highest BCUT2D eigenvalue weighted by atomic mass is 16.3. The topological polar surface area (TPSA) is 44.0 Å². The van der Waals surface area contributed by atoms with Crippen LogP contribution in [-0.4, -0.2) is 5.11 Å². The Balaban J connectivity index is 2.84. The fraction of sp³-hybridized carbons (Fsp3) is 0. The van der Waals surface area contributed by atoms with Gasteiger partial charge in [0.15, 0.2) is 0 Å². The summed E-state index contributed by atoms with van der Waals surface area (Å²) in [6, 6.07) is 9.11. The average Bonchev–Trinajstić information content (AvgIpc) is 2.26. The molecule has 0 aliphatic carbocycles. The Morgan fingerprint density at radius 3 is 2.27 bits per heavy atom. The first-order valence-corrected chi connectivity index (χ1v) is 4.39. The lowest BCUT2D eigenvalue weighted by Gasteiger charge is -1.99. The number of hydrogen-bond donors (Lipinski definition) is 1. The molecule has 74 valence electrons. The van der Waals surface area contributed by atoms with Gasteiger partial charge in [-0.1, -0.05) is 31.4 Å². The van der Waals surface area contributed by atoms with E-state index in [0.29, 0.717) is 5.56 Å². The Hall–Kier alpha value is -2.27. The second-order valence-corrected chi connectivity index (χ2v) is 3.04. The molecule has 1 aromatic carbocycles. The van der Waals surface area contributed by atoms with Gasteiger partial charge in [0.05, 0.1) is 11.6 Å². The minimum absolute atomic E-state index is 0.00945. The molecule has 2 heteroatoms. The molecule has 15 heavy (non-hydrogen) atoms. The van der Waals surface area contributed by atoms with E-state index in [2.05, 4.69) is 13.2 Å². The maximum absolute atomic E-state index is 8.86. The van der Waals surface area contributed by atoms with E-state index in [1.165, 1.54) is 6.08 Å². The van der Waals surface area contributed by atoms with E-state index in [0.717, 1.165) is 11.1 Å². The Labute approximate surface area is 89.1 Å². The molecule has 1 aromatic rings. The van der Waals surface area contributed by atoms with Crippen LogP contribution in [0.2, 0.25) is 0 Å². The van der Waals surface area contributed by atoms with Gasteiger partial charge in [0.2, 0.25) is 0 Å². The number of rotatable bonds is 3. The molecule has 1 rings (SSSR count). The first-order chi connectivity index (χ1) is 7.13. The van der Waals surface area contributed by atoms with Crippen LogP contribution in [0.3, 0.4) is 0 Å². The molecule has 0 saturated carbocycles. The maximum atomic E-state index is 8.86. The van der Waals surface area contributed by atoms with Crippen molar-refractivity contribution >= 4 is 5.57 Å². The Kier molecular flexibility index (Phi) is 3.48. The first-order valence-electron chi connectivity index (χ1n) is 4.39. The van der Waals surface area contributed by atoms with Gasteiger partial charge in [-0.3, -0.25) is 0 Å². The minimum atomic E-state index is -0.00945. The Morgan fingerprint density at radius 1 is 1.20 bits per heavy atom. The van der Waals surface area contributed by atoms with Crippen LogP contribution in [0.15, 0.2) is 55.3 Å². The van der Waals surface area contributed by atoms with Crippen LogP contribution < -0.4 is 0 Å². The summed E-state index contributed by atoms with van der Waals surface area (Å²) in [6.07, 6.45) is 3.14. The zero-order valence-corrected chi connectivity index (χ0v) is 8.27.